The number of carbonyl (C=O) groups is 4. The van der Waals surface area contributed by atoms with Crippen molar-refractivity contribution in [2.45, 2.75) is 64.7 Å². The molecule has 1 N–H and O–H groups in total. The first kappa shape index (κ1) is 25.1. The molecule has 1 saturated heterocycles. The number of amides is 3. The van der Waals surface area contributed by atoms with Crippen LogP contribution in [0.2, 0.25) is 0 Å². The van der Waals surface area contributed by atoms with Gasteiger partial charge in [-0.25, -0.2) is 4.90 Å². The largest absolute Gasteiger partial charge is 0.481 e. The van der Waals surface area contributed by atoms with E-state index < -0.39 is 11.9 Å². The Morgan fingerprint density at radius 1 is 0.939 bits per heavy atom. The molecule has 7 nitrogen and oxygen atoms in total. The SMILES string of the molecule is CC(=O)N1C(=O)/C(=C2\SC(=S)N(CCCCCCCCCCC(=O)O)C2=O)c2ccccc21. The van der Waals surface area contributed by atoms with Crippen molar-refractivity contribution in [1.29, 1.82) is 0 Å². The van der Waals surface area contributed by atoms with Gasteiger partial charge in [0.05, 0.1) is 16.2 Å². The standard InChI is InChI=1S/C24H28N2O5S2/c1-16(27)26-18-13-10-9-12-17(18)20(22(26)30)21-23(31)25(24(32)33-21)15-11-7-5-3-2-4-6-8-14-19(28)29/h9-10,12-13H,2-8,11,14-15H2,1H3,(H,28,29)/b21-20-. The maximum atomic E-state index is 13.1. The Morgan fingerprint density at radius 2 is 1.55 bits per heavy atom. The van der Waals surface area contributed by atoms with E-state index in [2.05, 4.69) is 0 Å². The Hall–Kier alpha value is -2.52. The predicted octanol–water partition coefficient (Wildman–Crippen LogP) is 4.75. The van der Waals surface area contributed by atoms with Crippen LogP contribution in [0.4, 0.5) is 5.69 Å². The number of rotatable bonds is 11. The van der Waals surface area contributed by atoms with Gasteiger partial charge in [0.25, 0.3) is 11.8 Å². The van der Waals surface area contributed by atoms with Crippen LogP contribution < -0.4 is 4.90 Å². The van der Waals surface area contributed by atoms with E-state index in [1.165, 1.54) is 6.92 Å². The lowest BCUT2D eigenvalue weighted by Gasteiger charge is -2.14. The third kappa shape index (κ3) is 5.89. The van der Waals surface area contributed by atoms with Crippen LogP contribution in [-0.4, -0.2) is 44.6 Å². The first-order chi connectivity index (χ1) is 15.8. The number of para-hydroxylation sites is 1. The van der Waals surface area contributed by atoms with Crippen molar-refractivity contribution < 1.29 is 24.3 Å². The fourth-order valence-electron chi connectivity index (χ4n) is 4.10. The lowest BCUT2D eigenvalue weighted by Crippen LogP contribution is -2.32. The van der Waals surface area contributed by atoms with Crippen LogP contribution in [0.3, 0.4) is 0 Å². The molecule has 0 atom stereocenters. The van der Waals surface area contributed by atoms with E-state index in [0.29, 0.717) is 27.0 Å². The first-order valence-corrected chi connectivity index (χ1v) is 12.5. The Bertz CT molecular complexity index is 1000. The van der Waals surface area contributed by atoms with Crippen molar-refractivity contribution in [2.75, 3.05) is 11.4 Å². The third-order valence-corrected chi connectivity index (χ3v) is 7.19. The molecule has 9 heteroatoms. The van der Waals surface area contributed by atoms with Crippen molar-refractivity contribution in [2.24, 2.45) is 0 Å². The number of carboxylic acid groups (broad SMARTS) is 1. The number of imide groups is 1. The fraction of sp³-hybridized carbons (Fsp3) is 0.458. The second-order valence-corrected chi connectivity index (χ2v) is 9.82. The quantitative estimate of drug-likeness (QED) is 0.273. The van der Waals surface area contributed by atoms with E-state index in [4.69, 9.17) is 17.3 Å². The molecular weight excluding hydrogens is 460 g/mol. The van der Waals surface area contributed by atoms with Gasteiger partial charge in [0.15, 0.2) is 0 Å². The monoisotopic (exact) mass is 488 g/mol. The molecule has 1 aromatic rings. The van der Waals surface area contributed by atoms with E-state index in [9.17, 15) is 19.2 Å². The molecule has 0 radical (unpaired) electrons. The number of aliphatic carboxylic acids is 1. The average Bonchev–Trinajstić information content (AvgIpc) is 3.21. The summed E-state index contributed by atoms with van der Waals surface area (Å²) in [5.41, 5.74) is 1.34. The second-order valence-electron chi connectivity index (χ2n) is 8.18. The summed E-state index contributed by atoms with van der Waals surface area (Å²) in [6.45, 7) is 1.84. The van der Waals surface area contributed by atoms with Crippen LogP contribution in [-0.2, 0) is 19.2 Å². The molecule has 1 fully saturated rings. The fourth-order valence-corrected chi connectivity index (χ4v) is 5.48. The topological polar surface area (TPSA) is 95.0 Å². The summed E-state index contributed by atoms with van der Waals surface area (Å²) >= 11 is 6.56. The van der Waals surface area contributed by atoms with Crippen molar-refractivity contribution in [3.8, 4) is 0 Å². The van der Waals surface area contributed by atoms with E-state index >= 15 is 0 Å². The molecule has 176 valence electrons. The number of thiocarbonyl (C=S) groups is 1. The molecule has 0 aromatic heterocycles. The predicted molar refractivity (Wildman–Crippen MR) is 133 cm³/mol. The number of hydrogen-bond acceptors (Lipinski definition) is 6. The molecule has 2 aliphatic heterocycles. The molecule has 33 heavy (non-hydrogen) atoms. The van der Waals surface area contributed by atoms with E-state index in [1.807, 2.05) is 0 Å². The van der Waals surface area contributed by atoms with Gasteiger partial charge in [-0.3, -0.25) is 24.1 Å². The highest BCUT2D eigenvalue weighted by molar-refractivity contribution is 8.26. The highest BCUT2D eigenvalue weighted by Gasteiger charge is 2.42. The minimum absolute atomic E-state index is 0.240. The minimum Gasteiger partial charge on any atom is -0.481 e. The Labute approximate surface area is 203 Å². The maximum Gasteiger partial charge on any atom is 0.303 e. The molecule has 0 unspecified atom stereocenters. The molecule has 0 bridgehead atoms. The van der Waals surface area contributed by atoms with Gasteiger partial charge in [-0.2, -0.15) is 0 Å². The van der Waals surface area contributed by atoms with Crippen LogP contribution >= 0.6 is 24.0 Å². The van der Waals surface area contributed by atoms with E-state index in [-0.39, 0.29) is 23.8 Å². The summed E-state index contributed by atoms with van der Waals surface area (Å²) in [6, 6.07) is 6.99. The number of benzene rings is 1. The van der Waals surface area contributed by atoms with E-state index in [1.54, 1.807) is 29.2 Å². The molecule has 0 saturated carbocycles. The number of thioether (sulfide) groups is 1. The van der Waals surface area contributed by atoms with Crippen molar-refractivity contribution in [1.82, 2.24) is 4.90 Å². The third-order valence-electron chi connectivity index (χ3n) is 5.74. The van der Waals surface area contributed by atoms with Gasteiger partial charge in [-0.1, -0.05) is 80.7 Å². The zero-order chi connectivity index (χ0) is 24.0. The average molecular weight is 489 g/mol. The van der Waals surface area contributed by atoms with Gasteiger partial charge in [0.1, 0.15) is 4.32 Å². The summed E-state index contributed by atoms with van der Waals surface area (Å²) in [4.78, 5) is 51.6. The highest BCUT2D eigenvalue weighted by Crippen LogP contribution is 2.44. The molecule has 3 amide bonds. The Morgan fingerprint density at radius 3 is 2.18 bits per heavy atom. The summed E-state index contributed by atoms with van der Waals surface area (Å²) in [5, 5.41) is 8.63. The molecule has 0 spiro atoms. The van der Waals surface area contributed by atoms with Gasteiger partial charge >= 0.3 is 5.97 Å². The lowest BCUT2D eigenvalue weighted by molar-refractivity contribution is -0.137. The van der Waals surface area contributed by atoms with Gasteiger partial charge in [0.2, 0.25) is 5.91 Å². The molecule has 3 rings (SSSR count). The zero-order valence-corrected chi connectivity index (χ0v) is 20.3. The van der Waals surface area contributed by atoms with Gasteiger partial charge in [-0.15, -0.1) is 0 Å². The summed E-state index contributed by atoms with van der Waals surface area (Å²) in [7, 11) is 0. The number of carboxylic acids is 1. The number of unbranched alkanes of at least 4 members (excludes halogenated alkanes) is 7. The van der Waals surface area contributed by atoms with Crippen molar-refractivity contribution >= 4 is 63.3 Å². The smallest absolute Gasteiger partial charge is 0.303 e. The number of hydrogen-bond donors (Lipinski definition) is 1. The normalized spacial score (nSPS) is 17.8. The molecule has 1 aromatic carbocycles. The van der Waals surface area contributed by atoms with Crippen LogP contribution in [0, 0.1) is 0 Å². The molecular formula is C24H28N2O5S2. The van der Waals surface area contributed by atoms with Gasteiger partial charge in [-0.05, 0) is 18.9 Å². The summed E-state index contributed by atoms with van der Waals surface area (Å²) in [5.74, 6) is -1.88. The molecule has 2 aliphatic rings. The molecule has 2 heterocycles. The summed E-state index contributed by atoms with van der Waals surface area (Å²) in [6.07, 6.45) is 7.97. The number of anilines is 1. The highest BCUT2D eigenvalue weighted by atomic mass is 32.2. The van der Waals surface area contributed by atoms with Gasteiger partial charge in [0, 0.05) is 25.5 Å². The first-order valence-electron chi connectivity index (χ1n) is 11.3. The number of carbonyl (C=O) groups excluding carboxylic acids is 3. The van der Waals surface area contributed by atoms with E-state index in [0.717, 1.165) is 68.0 Å². The lowest BCUT2D eigenvalue weighted by atomic mass is 10.1. The van der Waals surface area contributed by atoms with Gasteiger partial charge < -0.3 is 5.11 Å². The minimum atomic E-state index is -0.737. The second kappa shape index (κ2) is 11.6. The van der Waals surface area contributed by atoms with Crippen molar-refractivity contribution in [3.63, 3.8) is 0 Å². The summed E-state index contributed by atoms with van der Waals surface area (Å²) < 4.78 is 0.437. The van der Waals surface area contributed by atoms with Crippen LogP contribution in [0.5, 0.6) is 0 Å². The number of fused-ring (bicyclic) bond motifs is 1. The molecule has 0 aliphatic carbocycles. The van der Waals surface area contributed by atoms with Crippen LogP contribution in [0.1, 0.15) is 70.3 Å². The number of nitrogens with zero attached hydrogens (tertiary/aromatic N) is 2. The van der Waals surface area contributed by atoms with Crippen LogP contribution in [0.25, 0.3) is 5.57 Å². The Balaban J connectivity index is 1.53. The maximum absolute atomic E-state index is 13.1. The Kier molecular flexibility index (Phi) is 8.80. The zero-order valence-electron chi connectivity index (χ0n) is 18.7. The van der Waals surface area contributed by atoms with Crippen molar-refractivity contribution in [3.05, 3.63) is 34.7 Å². The van der Waals surface area contributed by atoms with Crippen LogP contribution in [0.15, 0.2) is 29.2 Å².